The van der Waals surface area contributed by atoms with Crippen LogP contribution in [0.25, 0.3) is 0 Å². The zero-order valence-corrected chi connectivity index (χ0v) is 11.3. The Labute approximate surface area is 112 Å². The van der Waals surface area contributed by atoms with Crippen LogP contribution in [0.15, 0.2) is 0 Å². The van der Waals surface area contributed by atoms with Crippen LogP contribution in [0.4, 0.5) is 0 Å². The highest BCUT2D eigenvalue weighted by Gasteiger charge is 2.57. The van der Waals surface area contributed by atoms with Gasteiger partial charge in [0, 0.05) is 12.6 Å². The number of fused-ring (bicyclic) bond motifs is 3. The van der Waals surface area contributed by atoms with Gasteiger partial charge in [-0.1, -0.05) is 0 Å². The minimum Gasteiger partial charge on any atom is -0.469 e. The van der Waals surface area contributed by atoms with Crippen molar-refractivity contribution < 1.29 is 19.1 Å². The van der Waals surface area contributed by atoms with E-state index < -0.39 is 17.8 Å². The fourth-order valence-electron chi connectivity index (χ4n) is 3.66. The van der Waals surface area contributed by atoms with Crippen LogP contribution in [0.1, 0.15) is 6.42 Å². The van der Waals surface area contributed by atoms with Gasteiger partial charge in [0.25, 0.3) is 0 Å². The monoisotopic (exact) mass is 266 g/mol. The van der Waals surface area contributed by atoms with Crippen LogP contribution in [0.5, 0.6) is 0 Å². The Morgan fingerprint density at radius 3 is 2.32 bits per heavy atom. The molecule has 3 fully saturated rings. The molecule has 0 radical (unpaired) electrons. The second-order valence-corrected chi connectivity index (χ2v) is 5.26. The van der Waals surface area contributed by atoms with Crippen molar-refractivity contribution in [3.05, 3.63) is 0 Å². The summed E-state index contributed by atoms with van der Waals surface area (Å²) in [5, 5.41) is 9.24. The molecule has 2 heterocycles. The number of ether oxygens (including phenoxy) is 2. The number of piperidine rings is 2. The molecule has 6 heteroatoms. The molecular formula is C13H18N2O4. The maximum atomic E-state index is 12.0. The quantitative estimate of drug-likeness (QED) is 0.656. The Bertz CT molecular complexity index is 431. The molecule has 0 spiro atoms. The summed E-state index contributed by atoms with van der Waals surface area (Å²) in [7, 11) is 4.51. The predicted octanol–water partition coefficient (Wildman–Crippen LogP) is 0.0385. The number of rotatable bonds is 2. The third-order valence-corrected chi connectivity index (χ3v) is 4.38. The van der Waals surface area contributed by atoms with Crippen LogP contribution in [0.2, 0.25) is 0 Å². The zero-order chi connectivity index (χ0) is 14.2. The highest BCUT2D eigenvalue weighted by Crippen LogP contribution is 2.46. The third-order valence-electron chi connectivity index (χ3n) is 4.38. The maximum Gasteiger partial charge on any atom is 0.311 e. The molecule has 1 aliphatic carbocycles. The van der Waals surface area contributed by atoms with E-state index in [1.165, 1.54) is 14.2 Å². The number of carbonyl (C=O) groups is 2. The molecule has 5 atom stereocenters. The first kappa shape index (κ1) is 13.8. The fraction of sp³-hybridized carbons (Fsp3) is 0.769. The van der Waals surface area contributed by atoms with E-state index in [4.69, 9.17) is 9.47 Å². The molecule has 6 nitrogen and oxygen atoms in total. The van der Waals surface area contributed by atoms with Crippen LogP contribution in [0.3, 0.4) is 0 Å². The molecule has 104 valence electrons. The van der Waals surface area contributed by atoms with E-state index >= 15 is 0 Å². The summed E-state index contributed by atoms with van der Waals surface area (Å²) in [6.45, 7) is 0.704. The molecule has 3 rings (SSSR count). The molecule has 0 aromatic heterocycles. The lowest BCUT2D eigenvalue weighted by Crippen LogP contribution is -2.63. The summed E-state index contributed by atoms with van der Waals surface area (Å²) in [6.07, 6.45) is 0.638. The summed E-state index contributed by atoms with van der Waals surface area (Å²) in [4.78, 5) is 26.0. The van der Waals surface area contributed by atoms with Gasteiger partial charge in [-0.2, -0.15) is 5.26 Å². The molecule has 0 N–H and O–H groups in total. The first-order valence-electron chi connectivity index (χ1n) is 6.30. The number of hydrogen-bond donors (Lipinski definition) is 0. The summed E-state index contributed by atoms with van der Waals surface area (Å²) in [5.74, 6) is -2.19. The van der Waals surface area contributed by atoms with Crippen LogP contribution < -0.4 is 0 Å². The zero-order valence-electron chi connectivity index (χ0n) is 11.3. The van der Waals surface area contributed by atoms with Crippen LogP contribution in [0, 0.1) is 35.0 Å². The van der Waals surface area contributed by atoms with Gasteiger partial charge in [-0.3, -0.25) is 9.59 Å². The van der Waals surface area contributed by atoms with Crippen molar-refractivity contribution in [3.8, 4) is 6.07 Å². The smallest absolute Gasteiger partial charge is 0.311 e. The maximum absolute atomic E-state index is 12.0. The average molecular weight is 266 g/mol. The minimum atomic E-state index is -0.611. The SMILES string of the molecule is COC(=O)[C@@H]1[C@H]2C[C@H](C#N)[C@H]([C@@H]1C(=O)OC)N(C)C2. The van der Waals surface area contributed by atoms with Crippen molar-refractivity contribution >= 4 is 11.9 Å². The number of esters is 2. The van der Waals surface area contributed by atoms with Crippen molar-refractivity contribution in [3.63, 3.8) is 0 Å². The molecule has 2 bridgehead atoms. The minimum absolute atomic E-state index is 0.0313. The Morgan fingerprint density at radius 1 is 1.21 bits per heavy atom. The van der Waals surface area contributed by atoms with Gasteiger partial charge in [0.2, 0.25) is 0 Å². The molecular weight excluding hydrogens is 248 g/mol. The number of nitriles is 1. The lowest BCUT2D eigenvalue weighted by Gasteiger charge is -2.52. The summed E-state index contributed by atoms with van der Waals surface area (Å²) < 4.78 is 9.65. The number of methoxy groups -OCH3 is 2. The standard InChI is InChI=1S/C13H18N2O4/c1-15-6-8-4-7(5-14)11(15)10(13(17)19-3)9(8)12(16)18-2/h7-11H,4,6H2,1-3H3/t7-,8+,9-,10-,11-/m1/s1. The highest BCUT2D eigenvalue weighted by molar-refractivity contribution is 5.83. The van der Waals surface area contributed by atoms with E-state index in [2.05, 4.69) is 6.07 Å². The average Bonchev–Trinajstić information content (AvgIpc) is 2.44. The Kier molecular flexibility index (Phi) is 3.76. The van der Waals surface area contributed by atoms with Crippen molar-refractivity contribution in [2.75, 3.05) is 27.8 Å². The van der Waals surface area contributed by atoms with Crippen molar-refractivity contribution in [2.24, 2.45) is 23.7 Å². The van der Waals surface area contributed by atoms with Crippen molar-refractivity contribution in [1.82, 2.24) is 4.90 Å². The van der Waals surface area contributed by atoms with Crippen LogP contribution in [-0.4, -0.2) is 50.7 Å². The van der Waals surface area contributed by atoms with E-state index in [1.807, 2.05) is 11.9 Å². The number of hydrogen-bond acceptors (Lipinski definition) is 6. The summed E-state index contributed by atoms with van der Waals surface area (Å²) >= 11 is 0. The molecule has 0 unspecified atom stereocenters. The van der Waals surface area contributed by atoms with E-state index in [0.29, 0.717) is 13.0 Å². The van der Waals surface area contributed by atoms with Gasteiger partial charge in [0.1, 0.15) is 0 Å². The first-order chi connectivity index (χ1) is 9.04. The molecule has 0 amide bonds. The molecule has 3 aliphatic rings. The van der Waals surface area contributed by atoms with Crippen molar-refractivity contribution in [1.29, 1.82) is 5.26 Å². The van der Waals surface area contributed by atoms with E-state index in [1.54, 1.807) is 0 Å². The Hall–Kier alpha value is -1.61. The normalized spacial score (nSPS) is 37.5. The first-order valence-corrected chi connectivity index (χ1v) is 6.30. The second-order valence-electron chi connectivity index (χ2n) is 5.26. The van der Waals surface area contributed by atoms with Gasteiger partial charge >= 0.3 is 11.9 Å². The molecule has 2 aliphatic heterocycles. The van der Waals surface area contributed by atoms with Gasteiger partial charge < -0.3 is 14.4 Å². The van der Waals surface area contributed by atoms with Gasteiger partial charge in [0.05, 0.1) is 38.0 Å². The topological polar surface area (TPSA) is 79.6 Å². The van der Waals surface area contributed by atoms with Crippen LogP contribution in [-0.2, 0) is 19.1 Å². The summed E-state index contributed by atoms with van der Waals surface area (Å²) in [6, 6.07) is 1.98. The second kappa shape index (κ2) is 5.17. The highest BCUT2D eigenvalue weighted by atomic mass is 16.5. The Balaban J connectivity index is 2.39. The van der Waals surface area contributed by atoms with Crippen molar-refractivity contribution in [2.45, 2.75) is 12.5 Å². The van der Waals surface area contributed by atoms with Gasteiger partial charge in [0.15, 0.2) is 0 Å². The lowest BCUT2D eigenvalue weighted by atomic mass is 9.61. The largest absolute Gasteiger partial charge is 0.469 e. The van der Waals surface area contributed by atoms with Gasteiger partial charge in [-0.15, -0.1) is 0 Å². The van der Waals surface area contributed by atoms with E-state index in [-0.39, 0.29) is 23.8 Å². The fourth-order valence-corrected chi connectivity index (χ4v) is 3.66. The predicted molar refractivity (Wildman–Crippen MR) is 64.6 cm³/mol. The van der Waals surface area contributed by atoms with Crippen LogP contribution >= 0.6 is 0 Å². The van der Waals surface area contributed by atoms with E-state index in [9.17, 15) is 14.9 Å². The van der Waals surface area contributed by atoms with E-state index in [0.717, 1.165) is 0 Å². The lowest BCUT2D eigenvalue weighted by molar-refractivity contribution is -0.175. The molecule has 1 saturated carbocycles. The molecule has 0 aromatic rings. The van der Waals surface area contributed by atoms with Gasteiger partial charge in [-0.25, -0.2) is 0 Å². The summed E-state index contributed by atoms with van der Waals surface area (Å²) in [5.41, 5.74) is 0. The number of carbonyl (C=O) groups excluding carboxylic acids is 2. The Morgan fingerprint density at radius 2 is 1.79 bits per heavy atom. The molecule has 0 aromatic carbocycles. The third kappa shape index (κ3) is 2.08. The number of nitrogens with zero attached hydrogens (tertiary/aromatic N) is 2. The molecule has 19 heavy (non-hydrogen) atoms. The van der Waals surface area contributed by atoms with Gasteiger partial charge in [-0.05, 0) is 19.4 Å². The molecule has 2 saturated heterocycles.